The van der Waals surface area contributed by atoms with E-state index < -0.39 is 23.8 Å². The maximum absolute atomic E-state index is 12.1. The Morgan fingerprint density at radius 3 is 2.09 bits per heavy atom. The first-order valence-electron chi connectivity index (χ1n) is 7.33. The van der Waals surface area contributed by atoms with Gasteiger partial charge in [-0.15, -0.1) is 6.58 Å². The van der Waals surface area contributed by atoms with Crippen LogP contribution in [0.2, 0.25) is 0 Å². The molecule has 4 nitrogen and oxygen atoms in total. The van der Waals surface area contributed by atoms with Crippen molar-refractivity contribution in [3.05, 3.63) is 54.6 Å². The molecule has 4 heteroatoms. The highest BCUT2D eigenvalue weighted by atomic mass is 16.6. The van der Waals surface area contributed by atoms with Crippen LogP contribution in [-0.2, 0) is 19.1 Å². The molecule has 0 heterocycles. The van der Waals surface area contributed by atoms with Crippen LogP contribution in [0.5, 0.6) is 0 Å². The Morgan fingerprint density at radius 2 is 1.64 bits per heavy atom. The summed E-state index contributed by atoms with van der Waals surface area (Å²) >= 11 is 0. The van der Waals surface area contributed by atoms with Gasteiger partial charge in [0.15, 0.2) is 5.92 Å². The summed E-state index contributed by atoms with van der Waals surface area (Å²) in [6, 6.07) is 9.61. The number of allylic oxidation sites excluding steroid dienone is 2. The normalized spacial score (nSPS) is 12.1. The molecule has 0 saturated heterocycles. The van der Waals surface area contributed by atoms with E-state index in [1.54, 1.807) is 26.0 Å². The second-order valence-electron chi connectivity index (χ2n) is 4.56. The highest BCUT2D eigenvalue weighted by Crippen LogP contribution is 2.20. The average molecular weight is 302 g/mol. The molecule has 0 saturated carbocycles. The van der Waals surface area contributed by atoms with Crippen molar-refractivity contribution in [3.8, 4) is 0 Å². The number of benzene rings is 1. The molecule has 0 N–H and O–H groups in total. The number of carbonyl (C=O) groups excluding carboxylic acids is 2. The highest BCUT2D eigenvalue weighted by Gasteiger charge is 2.34. The van der Waals surface area contributed by atoms with Crippen LogP contribution >= 0.6 is 0 Å². The van der Waals surface area contributed by atoms with Gasteiger partial charge in [-0.2, -0.15) is 0 Å². The smallest absolute Gasteiger partial charge is 0.321 e. The minimum absolute atomic E-state index is 0.209. The van der Waals surface area contributed by atoms with Gasteiger partial charge in [-0.1, -0.05) is 48.6 Å². The summed E-state index contributed by atoms with van der Waals surface area (Å²) in [5.41, 5.74) is 0.973. The second-order valence-corrected chi connectivity index (χ2v) is 4.56. The summed E-state index contributed by atoms with van der Waals surface area (Å²) in [5.74, 6) is -2.71. The molecule has 0 bridgehead atoms. The average Bonchev–Trinajstić information content (AvgIpc) is 2.52. The fraction of sp³-hybridized carbons (Fsp3) is 0.333. The van der Waals surface area contributed by atoms with E-state index in [0.717, 1.165) is 5.56 Å². The van der Waals surface area contributed by atoms with Gasteiger partial charge >= 0.3 is 11.9 Å². The van der Waals surface area contributed by atoms with Gasteiger partial charge in [0.25, 0.3) is 0 Å². The zero-order chi connectivity index (χ0) is 16.4. The van der Waals surface area contributed by atoms with Crippen LogP contribution in [0.25, 0.3) is 6.08 Å². The number of esters is 2. The van der Waals surface area contributed by atoms with Gasteiger partial charge in [-0.25, -0.2) is 0 Å². The van der Waals surface area contributed by atoms with E-state index in [0.29, 0.717) is 0 Å². The summed E-state index contributed by atoms with van der Waals surface area (Å²) in [6.45, 7) is 7.53. The van der Waals surface area contributed by atoms with Crippen LogP contribution in [-0.4, -0.2) is 25.2 Å². The van der Waals surface area contributed by atoms with Crippen molar-refractivity contribution in [2.75, 3.05) is 13.2 Å². The third-order valence-electron chi connectivity index (χ3n) is 3.05. The first-order valence-corrected chi connectivity index (χ1v) is 7.33. The lowest BCUT2D eigenvalue weighted by Gasteiger charge is -2.18. The lowest BCUT2D eigenvalue weighted by molar-refractivity contribution is -0.162. The van der Waals surface area contributed by atoms with Crippen LogP contribution in [0.3, 0.4) is 0 Å². The van der Waals surface area contributed by atoms with Gasteiger partial charge in [-0.05, 0) is 19.4 Å². The van der Waals surface area contributed by atoms with Crippen molar-refractivity contribution in [1.29, 1.82) is 0 Å². The molecule has 0 aromatic heterocycles. The van der Waals surface area contributed by atoms with Crippen molar-refractivity contribution >= 4 is 18.0 Å². The van der Waals surface area contributed by atoms with E-state index >= 15 is 0 Å². The Bertz CT molecular complexity index is 501. The van der Waals surface area contributed by atoms with Crippen molar-refractivity contribution in [1.82, 2.24) is 0 Å². The van der Waals surface area contributed by atoms with Crippen LogP contribution in [0.4, 0.5) is 0 Å². The van der Waals surface area contributed by atoms with Crippen LogP contribution in [0, 0.1) is 11.8 Å². The van der Waals surface area contributed by atoms with Crippen LogP contribution < -0.4 is 0 Å². The van der Waals surface area contributed by atoms with E-state index in [2.05, 4.69) is 6.58 Å². The lowest BCUT2D eigenvalue weighted by atomic mass is 9.91. The van der Waals surface area contributed by atoms with E-state index in [-0.39, 0.29) is 13.2 Å². The molecule has 0 spiro atoms. The summed E-state index contributed by atoms with van der Waals surface area (Å²) in [5, 5.41) is 0. The maximum atomic E-state index is 12.1. The molecule has 1 atom stereocenters. The molecule has 0 fully saturated rings. The molecule has 0 amide bonds. The molecule has 0 aliphatic carbocycles. The molecule has 0 aliphatic heterocycles. The van der Waals surface area contributed by atoms with Gasteiger partial charge in [0, 0.05) is 5.92 Å². The van der Waals surface area contributed by atoms with Gasteiger partial charge < -0.3 is 9.47 Å². The first kappa shape index (κ1) is 17.7. The SMILES string of the molecule is C=CC(/C=C/c1ccccc1)C(C(=O)OCC)C(=O)OCC. The minimum atomic E-state index is -1.03. The van der Waals surface area contributed by atoms with E-state index in [9.17, 15) is 9.59 Å². The van der Waals surface area contributed by atoms with Gasteiger partial charge in [-0.3, -0.25) is 9.59 Å². The largest absolute Gasteiger partial charge is 0.465 e. The molecule has 1 unspecified atom stereocenters. The Labute approximate surface area is 131 Å². The standard InChI is InChI=1S/C18H22O4/c1-4-15(13-12-14-10-8-7-9-11-14)16(17(19)21-5-2)18(20)22-6-3/h4,7-13,15-16H,1,5-6H2,2-3H3/b13-12+. The molecule has 0 aliphatic rings. The van der Waals surface area contributed by atoms with Gasteiger partial charge in [0.2, 0.25) is 0 Å². The number of hydrogen-bond donors (Lipinski definition) is 0. The molecule has 1 aromatic rings. The highest BCUT2D eigenvalue weighted by molar-refractivity contribution is 5.96. The Kier molecular flexibility index (Phi) is 7.68. The predicted molar refractivity (Wildman–Crippen MR) is 85.9 cm³/mol. The molecule has 118 valence electrons. The Morgan fingerprint density at radius 1 is 1.09 bits per heavy atom. The topological polar surface area (TPSA) is 52.6 Å². The van der Waals surface area contributed by atoms with E-state index in [1.807, 2.05) is 36.4 Å². The molecular weight excluding hydrogens is 280 g/mol. The predicted octanol–water partition coefficient (Wildman–Crippen LogP) is 3.24. The number of rotatable bonds is 8. The molecular formula is C18H22O4. The van der Waals surface area contributed by atoms with Crippen molar-refractivity contribution in [2.24, 2.45) is 11.8 Å². The van der Waals surface area contributed by atoms with Crippen molar-refractivity contribution in [3.63, 3.8) is 0 Å². The summed E-state index contributed by atoms with van der Waals surface area (Å²) < 4.78 is 9.97. The molecule has 1 aromatic carbocycles. The molecule has 0 radical (unpaired) electrons. The van der Waals surface area contributed by atoms with Crippen molar-refractivity contribution in [2.45, 2.75) is 13.8 Å². The Hall–Kier alpha value is -2.36. The third-order valence-corrected chi connectivity index (χ3v) is 3.05. The fourth-order valence-electron chi connectivity index (χ4n) is 1.99. The summed E-state index contributed by atoms with van der Waals surface area (Å²) in [4.78, 5) is 24.1. The number of hydrogen-bond acceptors (Lipinski definition) is 4. The molecule has 1 rings (SSSR count). The van der Waals surface area contributed by atoms with Crippen molar-refractivity contribution < 1.29 is 19.1 Å². The van der Waals surface area contributed by atoms with Crippen LogP contribution in [0.1, 0.15) is 19.4 Å². The fourth-order valence-corrected chi connectivity index (χ4v) is 1.99. The van der Waals surface area contributed by atoms with Gasteiger partial charge in [0.1, 0.15) is 0 Å². The van der Waals surface area contributed by atoms with Crippen LogP contribution in [0.15, 0.2) is 49.1 Å². The third kappa shape index (κ3) is 5.20. The number of ether oxygens (including phenoxy) is 2. The monoisotopic (exact) mass is 302 g/mol. The Balaban J connectivity index is 2.97. The summed E-state index contributed by atoms with van der Waals surface area (Å²) in [6.07, 6.45) is 5.16. The maximum Gasteiger partial charge on any atom is 0.321 e. The zero-order valence-electron chi connectivity index (χ0n) is 13.0. The second kappa shape index (κ2) is 9.55. The first-order chi connectivity index (χ1) is 10.6. The lowest BCUT2D eigenvalue weighted by Crippen LogP contribution is -2.33. The number of carbonyl (C=O) groups is 2. The zero-order valence-corrected chi connectivity index (χ0v) is 13.0. The summed E-state index contributed by atoms with van der Waals surface area (Å²) in [7, 11) is 0. The van der Waals surface area contributed by atoms with E-state index in [4.69, 9.17) is 9.47 Å². The quantitative estimate of drug-likeness (QED) is 0.420. The van der Waals surface area contributed by atoms with E-state index in [1.165, 1.54) is 0 Å². The minimum Gasteiger partial charge on any atom is -0.465 e. The molecule has 22 heavy (non-hydrogen) atoms. The van der Waals surface area contributed by atoms with Gasteiger partial charge in [0.05, 0.1) is 13.2 Å².